The molecular weight excluding hydrogens is 202 g/mol. The van der Waals surface area contributed by atoms with Crippen molar-refractivity contribution in [3.05, 3.63) is 11.5 Å². The van der Waals surface area contributed by atoms with Crippen molar-refractivity contribution in [2.24, 2.45) is 0 Å². The van der Waals surface area contributed by atoms with Crippen LogP contribution in [0.15, 0.2) is 11.5 Å². The van der Waals surface area contributed by atoms with Crippen LogP contribution in [-0.2, 0) is 4.43 Å². The third-order valence-electron chi connectivity index (χ3n) is 2.35. The second-order valence-corrected chi connectivity index (χ2v) is 9.25. The molecule has 2 nitrogen and oxygen atoms in total. The largest absolute Gasteiger partial charge is 0.533 e. The Bertz CT molecular complexity index is 214. The predicted molar refractivity (Wildman–Crippen MR) is 70.3 cm³/mol. The molecule has 0 heterocycles. The highest BCUT2D eigenvalue weighted by molar-refractivity contribution is 6.70. The summed E-state index contributed by atoms with van der Waals surface area (Å²) in [6, 6.07) is 0. The molecule has 0 aliphatic carbocycles. The van der Waals surface area contributed by atoms with Crippen molar-refractivity contribution in [1.29, 1.82) is 0 Å². The van der Waals surface area contributed by atoms with Crippen LogP contribution in [0.1, 0.15) is 34.1 Å². The molecule has 0 saturated heterocycles. The molecule has 0 N–H and O–H groups in total. The van der Waals surface area contributed by atoms with Gasteiger partial charge in [0.25, 0.3) is 0 Å². The van der Waals surface area contributed by atoms with Crippen LogP contribution >= 0.6 is 0 Å². The molecule has 0 spiro atoms. The van der Waals surface area contributed by atoms with Gasteiger partial charge in [0.1, 0.15) is 0 Å². The van der Waals surface area contributed by atoms with E-state index in [9.17, 15) is 0 Å². The molecule has 0 amide bonds. The molecule has 0 aromatic heterocycles. The normalized spacial score (nSPS) is 13.5. The standard InChI is InChI=1S/C12H27NOSi/c1-8-11(4)12(13(9-2)10-3)14-15(5,6)7/h8-10H2,1-7H3/b12-11-. The van der Waals surface area contributed by atoms with Crippen molar-refractivity contribution in [1.82, 2.24) is 4.90 Å². The van der Waals surface area contributed by atoms with Gasteiger partial charge in [-0.3, -0.25) is 0 Å². The molecule has 3 heteroatoms. The van der Waals surface area contributed by atoms with E-state index < -0.39 is 8.32 Å². The lowest BCUT2D eigenvalue weighted by atomic mass is 10.2. The molecule has 0 saturated carbocycles. The molecule has 0 rings (SSSR count). The quantitative estimate of drug-likeness (QED) is 0.507. The van der Waals surface area contributed by atoms with Crippen molar-refractivity contribution in [2.75, 3.05) is 13.1 Å². The lowest BCUT2D eigenvalue weighted by Gasteiger charge is -2.32. The fourth-order valence-corrected chi connectivity index (χ4v) is 2.26. The van der Waals surface area contributed by atoms with E-state index in [1.807, 2.05) is 0 Å². The molecule has 0 radical (unpaired) electrons. The number of rotatable bonds is 6. The first-order chi connectivity index (χ1) is 6.85. The highest BCUT2D eigenvalue weighted by Gasteiger charge is 2.21. The summed E-state index contributed by atoms with van der Waals surface area (Å²) in [5.74, 6) is 1.13. The highest BCUT2D eigenvalue weighted by atomic mass is 28.4. The molecule has 0 aliphatic rings. The van der Waals surface area contributed by atoms with Gasteiger partial charge >= 0.3 is 0 Å². The van der Waals surface area contributed by atoms with Crippen LogP contribution in [-0.4, -0.2) is 26.3 Å². The van der Waals surface area contributed by atoms with Gasteiger partial charge in [0.05, 0.1) is 0 Å². The van der Waals surface area contributed by atoms with Crippen LogP contribution in [0, 0.1) is 0 Å². The fraction of sp³-hybridized carbons (Fsp3) is 0.833. The lowest BCUT2D eigenvalue weighted by Crippen LogP contribution is -2.33. The van der Waals surface area contributed by atoms with Crippen LogP contribution in [0.2, 0.25) is 19.6 Å². The van der Waals surface area contributed by atoms with Gasteiger partial charge in [0.2, 0.25) is 8.32 Å². The topological polar surface area (TPSA) is 12.5 Å². The zero-order valence-corrected chi connectivity index (χ0v) is 12.5. The van der Waals surface area contributed by atoms with Crippen molar-refractivity contribution < 1.29 is 4.43 Å². The number of nitrogens with zero attached hydrogens (tertiary/aromatic N) is 1. The average Bonchev–Trinajstić information content (AvgIpc) is 2.15. The van der Waals surface area contributed by atoms with Crippen LogP contribution in [0.25, 0.3) is 0 Å². The van der Waals surface area contributed by atoms with Gasteiger partial charge in [-0.2, -0.15) is 0 Å². The molecule has 0 unspecified atom stereocenters. The summed E-state index contributed by atoms with van der Waals surface area (Å²) < 4.78 is 6.18. The van der Waals surface area contributed by atoms with Gasteiger partial charge in [-0.15, -0.1) is 0 Å². The van der Waals surface area contributed by atoms with Crippen LogP contribution in [0.5, 0.6) is 0 Å². The van der Waals surface area contributed by atoms with Crippen LogP contribution in [0.3, 0.4) is 0 Å². The Labute approximate surface area is 96.4 Å². The summed E-state index contributed by atoms with van der Waals surface area (Å²) in [4.78, 5) is 2.32. The first-order valence-electron chi connectivity index (χ1n) is 5.99. The maximum Gasteiger partial charge on any atom is 0.244 e. The van der Waals surface area contributed by atoms with Gasteiger partial charge in [-0.25, -0.2) is 0 Å². The second kappa shape index (κ2) is 6.21. The van der Waals surface area contributed by atoms with Gasteiger partial charge in [0.15, 0.2) is 5.88 Å². The second-order valence-electron chi connectivity index (χ2n) is 4.83. The van der Waals surface area contributed by atoms with Crippen LogP contribution in [0.4, 0.5) is 0 Å². The summed E-state index contributed by atoms with van der Waals surface area (Å²) in [6.07, 6.45) is 1.07. The van der Waals surface area contributed by atoms with E-state index in [2.05, 4.69) is 52.2 Å². The Hall–Kier alpha value is -0.443. The minimum atomic E-state index is -1.49. The molecule has 0 bridgehead atoms. The number of allylic oxidation sites excluding steroid dienone is 1. The third-order valence-corrected chi connectivity index (χ3v) is 3.15. The lowest BCUT2D eigenvalue weighted by molar-refractivity contribution is 0.220. The first-order valence-corrected chi connectivity index (χ1v) is 9.40. The predicted octanol–water partition coefficient (Wildman–Crippen LogP) is 3.82. The summed E-state index contributed by atoms with van der Waals surface area (Å²) in [6.45, 7) is 17.5. The van der Waals surface area contributed by atoms with Gasteiger partial charge in [0, 0.05) is 13.1 Å². The molecule has 0 aromatic rings. The summed E-state index contributed by atoms with van der Waals surface area (Å²) in [7, 11) is -1.49. The van der Waals surface area contributed by atoms with E-state index in [4.69, 9.17) is 4.43 Å². The monoisotopic (exact) mass is 229 g/mol. The van der Waals surface area contributed by atoms with E-state index in [-0.39, 0.29) is 0 Å². The molecular formula is C12H27NOSi. The average molecular weight is 229 g/mol. The third kappa shape index (κ3) is 5.26. The van der Waals surface area contributed by atoms with E-state index >= 15 is 0 Å². The Balaban J connectivity index is 4.90. The maximum atomic E-state index is 6.18. The van der Waals surface area contributed by atoms with Gasteiger partial charge in [-0.1, -0.05) is 6.92 Å². The zero-order valence-electron chi connectivity index (χ0n) is 11.5. The van der Waals surface area contributed by atoms with Crippen molar-refractivity contribution in [3.8, 4) is 0 Å². The van der Waals surface area contributed by atoms with Gasteiger partial charge in [-0.05, 0) is 52.4 Å². The molecule has 0 aliphatic heterocycles. The maximum absolute atomic E-state index is 6.18. The van der Waals surface area contributed by atoms with E-state index in [1.54, 1.807) is 0 Å². The first kappa shape index (κ1) is 14.6. The van der Waals surface area contributed by atoms with Crippen molar-refractivity contribution >= 4 is 8.32 Å². The summed E-state index contributed by atoms with van der Waals surface area (Å²) in [5, 5.41) is 0. The Kier molecular flexibility index (Phi) is 6.02. The van der Waals surface area contributed by atoms with Crippen molar-refractivity contribution in [3.63, 3.8) is 0 Å². The Morgan fingerprint density at radius 1 is 1.07 bits per heavy atom. The van der Waals surface area contributed by atoms with E-state index in [1.165, 1.54) is 5.57 Å². The molecule has 0 aromatic carbocycles. The fourth-order valence-electron chi connectivity index (χ4n) is 1.37. The molecule has 0 atom stereocenters. The Morgan fingerprint density at radius 3 is 1.80 bits per heavy atom. The summed E-state index contributed by atoms with van der Waals surface area (Å²) >= 11 is 0. The zero-order chi connectivity index (χ0) is 12.1. The molecule has 0 fully saturated rings. The number of hydrogen-bond donors (Lipinski definition) is 0. The Morgan fingerprint density at radius 2 is 1.53 bits per heavy atom. The van der Waals surface area contributed by atoms with E-state index in [0.29, 0.717) is 0 Å². The number of hydrogen-bond acceptors (Lipinski definition) is 2. The molecule has 15 heavy (non-hydrogen) atoms. The molecule has 90 valence electrons. The van der Waals surface area contributed by atoms with Gasteiger partial charge < -0.3 is 9.33 Å². The minimum Gasteiger partial charge on any atom is -0.533 e. The summed E-state index contributed by atoms with van der Waals surface area (Å²) in [5.41, 5.74) is 1.36. The minimum absolute atomic E-state index is 1.02. The van der Waals surface area contributed by atoms with E-state index in [0.717, 1.165) is 25.4 Å². The van der Waals surface area contributed by atoms with Crippen molar-refractivity contribution in [2.45, 2.75) is 53.8 Å². The van der Waals surface area contributed by atoms with Crippen LogP contribution < -0.4 is 0 Å². The smallest absolute Gasteiger partial charge is 0.244 e. The SMILES string of the molecule is CC/C(C)=C(\O[Si](C)(C)C)N(CC)CC. The highest BCUT2D eigenvalue weighted by Crippen LogP contribution is 2.19.